The van der Waals surface area contributed by atoms with Crippen LogP contribution in [-0.4, -0.2) is 4.98 Å². The predicted molar refractivity (Wildman–Crippen MR) is 95.5 cm³/mol. The number of nitrogens with zero attached hydrogens (tertiary/aromatic N) is 1. The number of aromatic nitrogens is 1. The zero-order valence-corrected chi connectivity index (χ0v) is 14.8. The van der Waals surface area contributed by atoms with Crippen LogP contribution in [-0.2, 0) is 0 Å². The van der Waals surface area contributed by atoms with E-state index in [9.17, 15) is 0 Å². The molecular weight excluding hydrogens is 368 g/mol. The fraction of sp³-hybridized carbons (Fsp3) is 0.188. The lowest BCUT2D eigenvalue weighted by atomic mass is 10.1. The minimum Gasteiger partial charge on any atom is -0.376 e. The Morgan fingerprint density at radius 3 is 2.86 bits per heavy atom. The maximum absolute atomic E-state index is 6.45. The molecule has 1 N–H and O–H groups in total. The molecule has 0 radical (unpaired) electrons. The largest absolute Gasteiger partial charge is 0.376 e. The van der Waals surface area contributed by atoms with Gasteiger partial charge in [0.25, 0.3) is 0 Å². The van der Waals surface area contributed by atoms with Gasteiger partial charge in [-0.05, 0) is 65.7 Å². The fourth-order valence-electron chi connectivity index (χ4n) is 2.38. The van der Waals surface area contributed by atoms with Crippen molar-refractivity contribution in [3.05, 3.63) is 55.8 Å². The average molecular weight is 382 g/mol. The number of anilines is 1. The van der Waals surface area contributed by atoms with Gasteiger partial charge >= 0.3 is 0 Å². The van der Waals surface area contributed by atoms with Crippen LogP contribution in [0.5, 0.6) is 0 Å². The number of rotatable bonds is 3. The fourth-order valence-corrected chi connectivity index (χ4v) is 4.12. The van der Waals surface area contributed by atoms with Gasteiger partial charge in [0, 0.05) is 16.5 Å². The first-order chi connectivity index (χ1) is 10.1. The van der Waals surface area contributed by atoms with E-state index in [0.29, 0.717) is 0 Å². The number of nitrogens with one attached hydrogen (secondary N) is 1. The normalized spacial score (nSPS) is 12.6. The molecule has 2 aromatic heterocycles. The van der Waals surface area contributed by atoms with Crippen LogP contribution in [0.15, 0.2) is 40.3 Å². The van der Waals surface area contributed by atoms with Crippen molar-refractivity contribution in [1.29, 1.82) is 0 Å². The van der Waals surface area contributed by atoms with Crippen molar-refractivity contribution >= 4 is 55.5 Å². The van der Waals surface area contributed by atoms with Gasteiger partial charge in [-0.25, -0.2) is 0 Å². The third kappa shape index (κ3) is 2.93. The van der Waals surface area contributed by atoms with Gasteiger partial charge in [-0.3, -0.25) is 4.98 Å². The molecule has 0 bridgehead atoms. The molecule has 0 aliphatic rings. The zero-order valence-electron chi connectivity index (χ0n) is 11.7. The Morgan fingerprint density at radius 1 is 1.33 bits per heavy atom. The van der Waals surface area contributed by atoms with Crippen molar-refractivity contribution in [2.24, 2.45) is 0 Å². The van der Waals surface area contributed by atoms with E-state index in [1.165, 1.54) is 4.88 Å². The van der Waals surface area contributed by atoms with Crippen LogP contribution in [0.2, 0.25) is 5.02 Å². The van der Waals surface area contributed by atoms with E-state index in [4.69, 9.17) is 11.6 Å². The molecule has 1 atom stereocenters. The number of hydrogen-bond donors (Lipinski definition) is 1. The van der Waals surface area contributed by atoms with Gasteiger partial charge in [-0.1, -0.05) is 11.6 Å². The van der Waals surface area contributed by atoms with E-state index in [1.807, 2.05) is 25.3 Å². The van der Waals surface area contributed by atoms with E-state index in [-0.39, 0.29) is 6.04 Å². The highest BCUT2D eigenvalue weighted by Crippen LogP contribution is 2.36. The number of thiophene rings is 1. The first-order valence-electron chi connectivity index (χ1n) is 6.62. The lowest BCUT2D eigenvalue weighted by molar-refractivity contribution is 0.910. The van der Waals surface area contributed by atoms with E-state index in [2.05, 4.69) is 51.4 Å². The van der Waals surface area contributed by atoms with Crippen LogP contribution < -0.4 is 5.32 Å². The summed E-state index contributed by atoms with van der Waals surface area (Å²) in [5.41, 5.74) is 3.03. The van der Waals surface area contributed by atoms with E-state index in [1.54, 1.807) is 11.3 Å². The van der Waals surface area contributed by atoms with Gasteiger partial charge in [-0.2, -0.15) is 0 Å². The summed E-state index contributed by atoms with van der Waals surface area (Å²) in [6.45, 7) is 4.17. The number of fused-ring (bicyclic) bond motifs is 1. The Labute approximate surface area is 141 Å². The van der Waals surface area contributed by atoms with Crippen molar-refractivity contribution in [2.45, 2.75) is 19.9 Å². The minimum absolute atomic E-state index is 0.185. The third-order valence-electron chi connectivity index (χ3n) is 3.41. The molecule has 0 fully saturated rings. The summed E-state index contributed by atoms with van der Waals surface area (Å²) in [5, 5.41) is 5.32. The smallest absolute Gasteiger partial charge is 0.0752 e. The average Bonchev–Trinajstić information content (AvgIpc) is 2.90. The topological polar surface area (TPSA) is 24.9 Å². The maximum atomic E-state index is 6.45. The minimum atomic E-state index is 0.185. The number of benzene rings is 1. The van der Waals surface area contributed by atoms with Gasteiger partial charge < -0.3 is 5.32 Å². The Morgan fingerprint density at radius 2 is 2.14 bits per heavy atom. The van der Waals surface area contributed by atoms with Crippen LogP contribution in [0.1, 0.15) is 23.4 Å². The summed E-state index contributed by atoms with van der Waals surface area (Å²) >= 11 is 11.7. The quantitative estimate of drug-likeness (QED) is 0.584. The number of hydrogen-bond acceptors (Lipinski definition) is 3. The lowest BCUT2D eigenvalue weighted by Crippen LogP contribution is -2.06. The standard InChI is InChI=1S/C16H14BrClN2S/c1-9-8-12(18)16(11-4-3-7-19-15(9)11)20-10(2)13-5-6-14(17)21-13/h3-8,10,20H,1-2H3. The predicted octanol–water partition coefficient (Wildman–Crippen LogP) is 6.19. The molecule has 3 aromatic rings. The molecule has 2 heterocycles. The molecule has 0 spiro atoms. The summed E-state index contributed by atoms with van der Waals surface area (Å²) in [4.78, 5) is 5.72. The van der Waals surface area contributed by atoms with Crippen LogP contribution in [0.3, 0.4) is 0 Å². The maximum Gasteiger partial charge on any atom is 0.0752 e. The zero-order chi connectivity index (χ0) is 15.0. The third-order valence-corrected chi connectivity index (χ3v) is 5.52. The van der Waals surface area contributed by atoms with Gasteiger partial charge in [0.05, 0.1) is 26.1 Å². The van der Waals surface area contributed by atoms with Crippen molar-refractivity contribution in [2.75, 3.05) is 5.32 Å². The van der Waals surface area contributed by atoms with Crippen LogP contribution in [0.25, 0.3) is 10.9 Å². The van der Waals surface area contributed by atoms with Crippen molar-refractivity contribution in [1.82, 2.24) is 4.98 Å². The highest BCUT2D eigenvalue weighted by atomic mass is 79.9. The molecule has 3 rings (SSSR count). The van der Waals surface area contributed by atoms with Crippen LogP contribution >= 0.6 is 38.9 Å². The molecule has 108 valence electrons. The number of aryl methyl sites for hydroxylation is 1. The summed E-state index contributed by atoms with van der Waals surface area (Å²) in [5.74, 6) is 0. The van der Waals surface area contributed by atoms with Gasteiger partial charge in [-0.15, -0.1) is 11.3 Å². The SMILES string of the molecule is Cc1cc(Cl)c(NC(C)c2ccc(Br)s2)c2cccnc12. The van der Waals surface area contributed by atoms with Gasteiger partial charge in [0.1, 0.15) is 0 Å². The lowest BCUT2D eigenvalue weighted by Gasteiger charge is -2.18. The number of pyridine rings is 1. The second kappa shape index (κ2) is 5.95. The second-order valence-corrected chi connectivity index (χ2v) is 7.86. The van der Waals surface area contributed by atoms with Gasteiger partial charge in [0.15, 0.2) is 0 Å². The molecule has 0 amide bonds. The Bertz CT molecular complexity index is 800. The summed E-state index contributed by atoms with van der Waals surface area (Å²) in [6, 6.07) is 10.3. The first kappa shape index (κ1) is 14.8. The summed E-state index contributed by atoms with van der Waals surface area (Å²) in [6.07, 6.45) is 1.81. The Hall–Kier alpha value is -1.10. The molecule has 21 heavy (non-hydrogen) atoms. The Balaban J connectivity index is 2.04. The highest BCUT2D eigenvalue weighted by molar-refractivity contribution is 9.11. The Kier molecular flexibility index (Phi) is 4.20. The molecule has 1 unspecified atom stereocenters. The molecule has 0 saturated carbocycles. The van der Waals surface area contributed by atoms with Gasteiger partial charge in [0.2, 0.25) is 0 Å². The molecule has 0 aliphatic carbocycles. The first-order valence-corrected chi connectivity index (χ1v) is 8.60. The van der Waals surface area contributed by atoms with E-state index in [0.717, 1.165) is 31.0 Å². The van der Waals surface area contributed by atoms with E-state index >= 15 is 0 Å². The number of halogens is 2. The van der Waals surface area contributed by atoms with Crippen molar-refractivity contribution in [3.8, 4) is 0 Å². The molecule has 1 aromatic carbocycles. The molecule has 0 saturated heterocycles. The molecule has 5 heteroatoms. The van der Waals surface area contributed by atoms with Crippen molar-refractivity contribution in [3.63, 3.8) is 0 Å². The molecule has 0 aliphatic heterocycles. The summed E-state index contributed by atoms with van der Waals surface area (Å²) < 4.78 is 1.13. The van der Waals surface area contributed by atoms with E-state index < -0.39 is 0 Å². The van der Waals surface area contributed by atoms with Crippen molar-refractivity contribution < 1.29 is 0 Å². The van der Waals surface area contributed by atoms with Crippen LogP contribution in [0.4, 0.5) is 5.69 Å². The highest BCUT2D eigenvalue weighted by Gasteiger charge is 2.14. The summed E-state index contributed by atoms with van der Waals surface area (Å²) in [7, 11) is 0. The molecular formula is C16H14BrClN2S. The molecule has 2 nitrogen and oxygen atoms in total. The second-order valence-electron chi connectivity index (χ2n) is 4.96. The van der Waals surface area contributed by atoms with Crippen LogP contribution in [0, 0.1) is 6.92 Å². The monoisotopic (exact) mass is 380 g/mol.